The fourth-order valence-electron chi connectivity index (χ4n) is 2.20. The number of aliphatic hydroxyl groups excluding tert-OH is 1. The Hall–Kier alpha value is -1.15. The molecule has 2 rings (SSSR count). The lowest BCUT2D eigenvalue weighted by atomic mass is 9.82. The molecule has 0 aromatic heterocycles. The van der Waals surface area contributed by atoms with Gasteiger partial charge in [0.1, 0.15) is 6.29 Å². The summed E-state index contributed by atoms with van der Waals surface area (Å²) >= 11 is 0. The topological polar surface area (TPSA) is 37.3 Å². The molecule has 94 valence electrons. The molecule has 0 spiro atoms. The normalized spacial score (nSPS) is 23.4. The van der Waals surface area contributed by atoms with Gasteiger partial charge in [-0.1, -0.05) is 50.1 Å². The number of benzene rings is 1. The van der Waals surface area contributed by atoms with Gasteiger partial charge in [-0.05, 0) is 18.4 Å². The van der Waals surface area contributed by atoms with Gasteiger partial charge >= 0.3 is 0 Å². The van der Waals surface area contributed by atoms with E-state index < -0.39 is 0 Å². The van der Waals surface area contributed by atoms with Gasteiger partial charge in [0.25, 0.3) is 0 Å². The van der Waals surface area contributed by atoms with Crippen LogP contribution in [0.5, 0.6) is 0 Å². The second-order valence-corrected chi connectivity index (χ2v) is 4.44. The zero-order valence-electron chi connectivity index (χ0n) is 10.5. The smallest absolute Gasteiger partial charge is 0.119 e. The first kappa shape index (κ1) is 13.9. The van der Waals surface area contributed by atoms with Gasteiger partial charge in [-0.15, -0.1) is 0 Å². The first-order chi connectivity index (χ1) is 8.29. The lowest BCUT2D eigenvalue weighted by Gasteiger charge is -2.27. The van der Waals surface area contributed by atoms with Crippen molar-refractivity contribution in [2.24, 2.45) is 0 Å². The third-order valence-corrected chi connectivity index (χ3v) is 3.12. The summed E-state index contributed by atoms with van der Waals surface area (Å²) in [5.41, 5.74) is 1.30. The van der Waals surface area contributed by atoms with E-state index in [1.165, 1.54) is 18.4 Å². The van der Waals surface area contributed by atoms with Crippen LogP contribution in [0.4, 0.5) is 0 Å². The van der Waals surface area contributed by atoms with Gasteiger partial charge in [0.2, 0.25) is 0 Å². The van der Waals surface area contributed by atoms with E-state index in [0.29, 0.717) is 12.3 Å². The van der Waals surface area contributed by atoms with Crippen molar-refractivity contribution in [3.8, 4) is 0 Å². The van der Waals surface area contributed by atoms with Crippen LogP contribution in [-0.2, 0) is 4.79 Å². The Morgan fingerprint density at radius 1 is 1.24 bits per heavy atom. The summed E-state index contributed by atoms with van der Waals surface area (Å²) < 4.78 is 0. The molecule has 1 aliphatic rings. The number of rotatable bonds is 2. The van der Waals surface area contributed by atoms with E-state index in [2.05, 4.69) is 24.3 Å². The Labute approximate surface area is 104 Å². The SMILES string of the molecule is CCC=O.OC1CCCCC1c1ccccc1. The van der Waals surface area contributed by atoms with Crippen LogP contribution in [0.15, 0.2) is 30.3 Å². The Morgan fingerprint density at radius 3 is 2.35 bits per heavy atom. The van der Waals surface area contributed by atoms with Gasteiger partial charge in [-0.3, -0.25) is 0 Å². The van der Waals surface area contributed by atoms with Crippen LogP contribution in [0.2, 0.25) is 0 Å². The van der Waals surface area contributed by atoms with Gasteiger partial charge in [-0.2, -0.15) is 0 Å². The summed E-state index contributed by atoms with van der Waals surface area (Å²) in [5, 5.41) is 9.82. The van der Waals surface area contributed by atoms with Crippen molar-refractivity contribution in [2.45, 2.75) is 51.0 Å². The lowest BCUT2D eigenvalue weighted by Crippen LogP contribution is -2.22. The van der Waals surface area contributed by atoms with Gasteiger partial charge < -0.3 is 9.90 Å². The second kappa shape index (κ2) is 8.02. The molecule has 1 saturated carbocycles. The predicted octanol–water partition coefficient (Wildman–Crippen LogP) is 3.30. The highest BCUT2D eigenvalue weighted by Crippen LogP contribution is 2.32. The quantitative estimate of drug-likeness (QED) is 0.797. The van der Waals surface area contributed by atoms with Crippen LogP contribution < -0.4 is 0 Å². The van der Waals surface area contributed by atoms with Crippen LogP contribution in [0.3, 0.4) is 0 Å². The van der Waals surface area contributed by atoms with Crippen LogP contribution in [-0.4, -0.2) is 17.5 Å². The summed E-state index contributed by atoms with van der Waals surface area (Å²) in [4.78, 5) is 9.17. The van der Waals surface area contributed by atoms with E-state index in [9.17, 15) is 9.90 Å². The number of aldehydes is 1. The summed E-state index contributed by atoms with van der Waals surface area (Å²) in [6, 6.07) is 10.4. The maximum Gasteiger partial charge on any atom is 0.119 e. The Bertz CT molecular complexity index is 308. The Balaban J connectivity index is 0.000000317. The Morgan fingerprint density at radius 2 is 1.82 bits per heavy atom. The molecule has 0 radical (unpaired) electrons. The summed E-state index contributed by atoms with van der Waals surface area (Å²) in [7, 11) is 0. The minimum absolute atomic E-state index is 0.115. The zero-order valence-corrected chi connectivity index (χ0v) is 10.5. The third kappa shape index (κ3) is 4.70. The van der Waals surface area contributed by atoms with Gasteiger partial charge in [0.15, 0.2) is 0 Å². The monoisotopic (exact) mass is 234 g/mol. The highest BCUT2D eigenvalue weighted by molar-refractivity contribution is 5.48. The molecular formula is C15H22O2. The first-order valence-electron chi connectivity index (χ1n) is 6.46. The maximum atomic E-state index is 9.82. The number of hydrogen-bond acceptors (Lipinski definition) is 2. The van der Waals surface area contributed by atoms with Crippen molar-refractivity contribution in [3.05, 3.63) is 35.9 Å². The van der Waals surface area contributed by atoms with E-state index in [4.69, 9.17) is 0 Å². The average Bonchev–Trinajstić information content (AvgIpc) is 2.41. The summed E-state index contributed by atoms with van der Waals surface area (Å²) in [6.07, 6.45) is 5.96. The molecule has 0 saturated heterocycles. The molecule has 1 aromatic carbocycles. The van der Waals surface area contributed by atoms with Gasteiger partial charge in [-0.25, -0.2) is 0 Å². The fraction of sp³-hybridized carbons (Fsp3) is 0.533. The summed E-state index contributed by atoms with van der Waals surface area (Å²) in [5.74, 6) is 0.384. The molecule has 2 atom stereocenters. The first-order valence-corrected chi connectivity index (χ1v) is 6.46. The fourth-order valence-corrected chi connectivity index (χ4v) is 2.20. The van der Waals surface area contributed by atoms with Crippen molar-refractivity contribution in [2.75, 3.05) is 0 Å². The highest BCUT2D eigenvalue weighted by atomic mass is 16.3. The van der Waals surface area contributed by atoms with E-state index in [0.717, 1.165) is 19.1 Å². The molecule has 1 fully saturated rings. The molecule has 1 aliphatic carbocycles. The number of carbonyl (C=O) groups excluding carboxylic acids is 1. The maximum absolute atomic E-state index is 9.82. The van der Waals surface area contributed by atoms with Crippen LogP contribution in [0.1, 0.15) is 50.5 Å². The minimum Gasteiger partial charge on any atom is -0.392 e. The molecule has 2 unspecified atom stereocenters. The van der Waals surface area contributed by atoms with Gasteiger partial charge in [0.05, 0.1) is 6.10 Å². The predicted molar refractivity (Wildman–Crippen MR) is 70.0 cm³/mol. The minimum atomic E-state index is -0.115. The molecule has 1 aromatic rings. The van der Waals surface area contributed by atoms with E-state index in [1.807, 2.05) is 13.0 Å². The van der Waals surface area contributed by atoms with Crippen molar-refractivity contribution < 1.29 is 9.90 Å². The van der Waals surface area contributed by atoms with Crippen molar-refractivity contribution >= 4 is 6.29 Å². The summed E-state index contributed by atoms with van der Waals surface area (Å²) in [6.45, 7) is 1.81. The van der Waals surface area contributed by atoms with E-state index >= 15 is 0 Å². The standard InChI is InChI=1S/C12H16O.C3H6O/c13-12-9-5-4-8-11(12)10-6-2-1-3-7-10;1-2-3-4/h1-3,6-7,11-13H,4-5,8-9H2;3H,2H2,1H3. The van der Waals surface area contributed by atoms with Crippen molar-refractivity contribution in [3.63, 3.8) is 0 Å². The molecule has 0 bridgehead atoms. The third-order valence-electron chi connectivity index (χ3n) is 3.12. The molecule has 17 heavy (non-hydrogen) atoms. The van der Waals surface area contributed by atoms with Crippen molar-refractivity contribution in [1.82, 2.24) is 0 Å². The van der Waals surface area contributed by atoms with Crippen LogP contribution in [0, 0.1) is 0 Å². The van der Waals surface area contributed by atoms with Crippen LogP contribution in [0.25, 0.3) is 0 Å². The molecule has 2 nitrogen and oxygen atoms in total. The molecule has 0 amide bonds. The average molecular weight is 234 g/mol. The molecule has 0 heterocycles. The molecule has 2 heteroatoms. The number of carbonyl (C=O) groups is 1. The number of hydrogen-bond donors (Lipinski definition) is 1. The van der Waals surface area contributed by atoms with E-state index in [1.54, 1.807) is 0 Å². The largest absolute Gasteiger partial charge is 0.392 e. The van der Waals surface area contributed by atoms with E-state index in [-0.39, 0.29) is 6.10 Å². The van der Waals surface area contributed by atoms with Crippen LogP contribution >= 0.6 is 0 Å². The zero-order chi connectivity index (χ0) is 12.5. The molecular weight excluding hydrogens is 212 g/mol. The second-order valence-electron chi connectivity index (χ2n) is 4.44. The van der Waals surface area contributed by atoms with Crippen molar-refractivity contribution in [1.29, 1.82) is 0 Å². The number of aliphatic hydroxyl groups is 1. The van der Waals surface area contributed by atoms with Gasteiger partial charge in [0, 0.05) is 12.3 Å². The molecule has 1 N–H and O–H groups in total. The lowest BCUT2D eigenvalue weighted by molar-refractivity contribution is -0.107. The highest BCUT2D eigenvalue weighted by Gasteiger charge is 2.23. The molecule has 0 aliphatic heterocycles. The Kier molecular flexibility index (Phi) is 6.56.